The van der Waals surface area contributed by atoms with Crippen LogP contribution in [0.25, 0.3) is 0 Å². The summed E-state index contributed by atoms with van der Waals surface area (Å²) in [6.45, 7) is 5.42. The maximum Gasteiger partial charge on any atom is 0.232 e. The van der Waals surface area contributed by atoms with E-state index in [1.165, 1.54) is 5.56 Å². The van der Waals surface area contributed by atoms with Crippen molar-refractivity contribution in [2.75, 3.05) is 18.5 Å². The molecule has 1 aliphatic carbocycles. The van der Waals surface area contributed by atoms with E-state index in [0.717, 1.165) is 12.8 Å². The van der Waals surface area contributed by atoms with Crippen molar-refractivity contribution < 1.29 is 9.15 Å². The molecule has 1 saturated carbocycles. The van der Waals surface area contributed by atoms with Crippen LogP contribution in [0.5, 0.6) is 0 Å². The maximum atomic E-state index is 9.26. The average Bonchev–Trinajstić information content (AvgIpc) is 3.29. The standard InChI is InChI=1S/C19H23N3O2/c1-13(2)23-10-6-9-21-19-17(12-20)22-18(24-19)16-11-15(16)14-7-4-3-5-8-14/h3-5,7-8,13,15-16,21H,6,9-11H2,1-2H3/t15-,16-/m0/s1. The third kappa shape index (κ3) is 3.95. The van der Waals surface area contributed by atoms with Gasteiger partial charge in [-0.3, -0.25) is 0 Å². The van der Waals surface area contributed by atoms with Crippen LogP contribution < -0.4 is 5.32 Å². The highest BCUT2D eigenvalue weighted by molar-refractivity contribution is 5.46. The quantitative estimate of drug-likeness (QED) is 0.742. The second-order valence-corrected chi connectivity index (χ2v) is 6.40. The molecule has 0 saturated heterocycles. The zero-order valence-electron chi connectivity index (χ0n) is 14.2. The number of rotatable bonds is 8. The van der Waals surface area contributed by atoms with E-state index in [4.69, 9.17) is 9.15 Å². The van der Waals surface area contributed by atoms with Crippen molar-refractivity contribution in [3.05, 3.63) is 47.5 Å². The lowest BCUT2D eigenvalue weighted by Gasteiger charge is -2.07. The summed E-state index contributed by atoms with van der Waals surface area (Å²) < 4.78 is 11.3. The summed E-state index contributed by atoms with van der Waals surface area (Å²) in [7, 11) is 0. The van der Waals surface area contributed by atoms with Crippen molar-refractivity contribution in [3.63, 3.8) is 0 Å². The van der Waals surface area contributed by atoms with E-state index in [1.807, 2.05) is 32.0 Å². The lowest BCUT2D eigenvalue weighted by atomic mass is 10.1. The van der Waals surface area contributed by atoms with Gasteiger partial charge in [-0.2, -0.15) is 5.26 Å². The number of hydrogen-bond acceptors (Lipinski definition) is 5. The Labute approximate surface area is 142 Å². The van der Waals surface area contributed by atoms with Gasteiger partial charge in [-0.1, -0.05) is 30.3 Å². The average molecular weight is 325 g/mol. The number of nitrogens with one attached hydrogen (secondary N) is 1. The van der Waals surface area contributed by atoms with Gasteiger partial charge in [0.2, 0.25) is 17.5 Å². The van der Waals surface area contributed by atoms with E-state index < -0.39 is 0 Å². The number of nitrogens with zero attached hydrogens (tertiary/aromatic N) is 2. The summed E-state index contributed by atoms with van der Waals surface area (Å²) in [6, 6.07) is 12.5. The molecule has 0 unspecified atom stereocenters. The van der Waals surface area contributed by atoms with Gasteiger partial charge in [-0.15, -0.1) is 0 Å². The first-order chi connectivity index (χ1) is 11.7. The van der Waals surface area contributed by atoms with Gasteiger partial charge >= 0.3 is 0 Å². The Hall–Kier alpha value is -2.32. The van der Waals surface area contributed by atoms with E-state index in [9.17, 15) is 5.26 Å². The van der Waals surface area contributed by atoms with Gasteiger partial charge < -0.3 is 14.5 Å². The Morgan fingerprint density at radius 3 is 2.83 bits per heavy atom. The second-order valence-electron chi connectivity index (χ2n) is 6.40. The molecule has 1 aromatic heterocycles. The molecular formula is C19H23N3O2. The number of anilines is 1. The molecule has 0 amide bonds. The molecule has 1 heterocycles. The van der Waals surface area contributed by atoms with E-state index in [0.29, 0.717) is 36.5 Å². The minimum atomic E-state index is 0.237. The predicted octanol–water partition coefficient (Wildman–Crippen LogP) is 4.04. The fourth-order valence-corrected chi connectivity index (χ4v) is 2.82. The highest BCUT2D eigenvalue weighted by Crippen LogP contribution is 2.54. The van der Waals surface area contributed by atoms with Crippen molar-refractivity contribution >= 4 is 5.88 Å². The molecule has 0 bridgehead atoms. The largest absolute Gasteiger partial charge is 0.424 e. The minimum absolute atomic E-state index is 0.237. The highest BCUT2D eigenvalue weighted by atomic mass is 16.5. The van der Waals surface area contributed by atoms with Crippen LogP contribution in [0, 0.1) is 11.3 Å². The summed E-state index contributed by atoms with van der Waals surface area (Å²) >= 11 is 0. The molecule has 0 aliphatic heterocycles. The van der Waals surface area contributed by atoms with Gasteiger partial charge in [0.1, 0.15) is 6.07 Å². The summed E-state index contributed by atoms with van der Waals surface area (Å²) in [5.74, 6) is 1.88. The van der Waals surface area contributed by atoms with E-state index in [2.05, 4.69) is 28.5 Å². The van der Waals surface area contributed by atoms with Crippen LogP contribution in [0.1, 0.15) is 55.7 Å². The Kier molecular flexibility index (Phi) is 5.17. The molecule has 2 atom stereocenters. The first-order valence-electron chi connectivity index (χ1n) is 8.50. The zero-order valence-corrected chi connectivity index (χ0v) is 14.2. The summed E-state index contributed by atoms with van der Waals surface area (Å²) in [4.78, 5) is 4.37. The number of hydrogen-bond donors (Lipinski definition) is 1. The molecule has 5 nitrogen and oxygen atoms in total. The van der Waals surface area contributed by atoms with Crippen molar-refractivity contribution in [1.82, 2.24) is 4.98 Å². The highest BCUT2D eigenvalue weighted by Gasteiger charge is 2.43. The van der Waals surface area contributed by atoms with Crippen molar-refractivity contribution in [2.24, 2.45) is 0 Å². The number of ether oxygens (including phenoxy) is 1. The summed E-state index contributed by atoms with van der Waals surface area (Å²) in [5.41, 5.74) is 1.65. The van der Waals surface area contributed by atoms with Crippen LogP contribution in [0.2, 0.25) is 0 Å². The van der Waals surface area contributed by atoms with E-state index in [1.54, 1.807) is 0 Å². The molecule has 24 heavy (non-hydrogen) atoms. The number of benzene rings is 1. The fraction of sp³-hybridized carbons (Fsp3) is 0.474. The molecule has 126 valence electrons. The molecule has 0 radical (unpaired) electrons. The molecular weight excluding hydrogens is 302 g/mol. The minimum Gasteiger partial charge on any atom is -0.424 e. The summed E-state index contributed by atoms with van der Waals surface area (Å²) in [5, 5.41) is 12.4. The van der Waals surface area contributed by atoms with Crippen molar-refractivity contribution in [3.8, 4) is 6.07 Å². The second kappa shape index (κ2) is 7.50. The van der Waals surface area contributed by atoms with E-state index in [-0.39, 0.29) is 12.0 Å². The maximum absolute atomic E-state index is 9.26. The van der Waals surface area contributed by atoms with Crippen molar-refractivity contribution in [1.29, 1.82) is 5.26 Å². The number of nitriles is 1. The van der Waals surface area contributed by atoms with Gasteiger partial charge in [0, 0.05) is 19.1 Å². The number of oxazole rings is 1. The van der Waals surface area contributed by atoms with Crippen LogP contribution in [-0.4, -0.2) is 24.2 Å². The monoisotopic (exact) mass is 325 g/mol. The van der Waals surface area contributed by atoms with Crippen LogP contribution in [-0.2, 0) is 4.74 Å². The van der Waals surface area contributed by atoms with Crippen LogP contribution in [0.4, 0.5) is 5.88 Å². The third-order valence-electron chi connectivity index (χ3n) is 4.14. The Bertz CT molecular complexity index is 703. The van der Waals surface area contributed by atoms with Crippen LogP contribution >= 0.6 is 0 Å². The molecule has 1 aromatic carbocycles. The SMILES string of the molecule is CC(C)OCCCNc1oc([C@H]2C[C@H]2c2ccccc2)nc1C#N. The Morgan fingerprint density at radius 2 is 2.12 bits per heavy atom. The van der Waals surface area contributed by atoms with Crippen LogP contribution in [0.3, 0.4) is 0 Å². The molecule has 2 aromatic rings. The molecule has 3 rings (SSSR count). The third-order valence-corrected chi connectivity index (χ3v) is 4.14. The molecule has 1 fully saturated rings. The summed E-state index contributed by atoms with van der Waals surface area (Å²) in [6.07, 6.45) is 2.12. The lowest BCUT2D eigenvalue weighted by Crippen LogP contribution is -2.09. The zero-order chi connectivity index (χ0) is 16.9. The molecule has 0 spiro atoms. The van der Waals surface area contributed by atoms with Gasteiger partial charge in [0.25, 0.3) is 0 Å². The molecule has 5 heteroatoms. The van der Waals surface area contributed by atoms with Gasteiger partial charge in [-0.05, 0) is 38.2 Å². The topological polar surface area (TPSA) is 71.1 Å². The number of aromatic nitrogens is 1. The van der Waals surface area contributed by atoms with Gasteiger partial charge in [-0.25, -0.2) is 4.98 Å². The first-order valence-corrected chi connectivity index (χ1v) is 8.50. The van der Waals surface area contributed by atoms with Gasteiger partial charge in [0.15, 0.2) is 0 Å². The molecule has 1 N–H and O–H groups in total. The first kappa shape index (κ1) is 16.5. The lowest BCUT2D eigenvalue weighted by molar-refractivity contribution is 0.0786. The smallest absolute Gasteiger partial charge is 0.232 e. The Morgan fingerprint density at radius 1 is 1.33 bits per heavy atom. The normalized spacial score (nSPS) is 19.2. The molecule has 1 aliphatic rings. The van der Waals surface area contributed by atoms with Crippen LogP contribution in [0.15, 0.2) is 34.7 Å². The van der Waals surface area contributed by atoms with Gasteiger partial charge in [0.05, 0.1) is 6.10 Å². The fourth-order valence-electron chi connectivity index (χ4n) is 2.82. The van der Waals surface area contributed by atoms with E-state index >= 15 is 0 Å². The predicted molar refractivity (Wildman–Crippen MR) is 92.0 cm³/mol. The Balaban J connectivity index is 1.57. The van der Waals surface area contributed by atoms with Crippen molar-refractivity contribution in [2.45, 2.75) is 44.6 Å².